The third-order valence-corrected chi connectivity index (χ3v) is 10.2. The van der Waals surface area contributed by atoms with Crippen molar-refractivity contribution in [2.75, 3.05) is 20.3 Å². The van der Waals surface area contributed by atoms with Crippen LogP contribution in [0, 0.1) is 23.7 Å². The van der Waals surface area contributed by atoms with Crippen LogP contribution in [0.2, 0.25) is 0 Å². The molecule has 2 bridgehead atoms. The van der Waals surface area contributed by atoms with E-state index in [1.54, 1.807) is 11.8 Å². The van der Waals surface area contributed by atoms with Gasteiger partial charge >= 0.3 is 5.97 Å². The monoisotopic (exact) mass is 458 g/mol. The Morgan fingerprint density at radius 1 is 1.09 bits per heavy atom. The average molecular weight is 459 g/mol. The largest absolute Gasteiger partial charge is 0.469 e. The van der Waals surface area contributed by atoms with Gasteiger partial charge in [0.2, 0.25) is 0 Å². The van der Waals surface area contributed by atoms with Gasteiger partial charge in [0.05, 0.1) is 31.8 Å². The molecule has 2 saturated carbocycles. The van der Waals surface area contributed by atoms with Crippen LogP contribution in [0.1, 0.15) is 44.1 Å². The zero-order valence-corrected chi connectivity index (χ0v) is 19.2. The first kappa shape index (κ1) is 21.1. The minimum atomic E-state index is -0.724. The molecule has 0 amide bonds. The average Bonchev–Trinajstić information content (AvgIpc) is 3.57. The van der Waals surface area contributed by atoms with Crippen LogP contribution in [0.15, 0.2) is 30.3 Å². The van der Waals surface area contributed by atoms with Crippen molar-refractivity contribution in [1.29, 1.82) is 0 Å². The van der Waals surface area contributed by atoms with Gasteiger partial charge in [0, 0.05) is 24.5 Å². The Balaban J connectivity index is 1.38. The fourth-order valence-corrected chi connectivity index (χ4v) is 8.94. The van der Waals surface area contributed by atoms with Crippen LogP contribution in [-0.4, -0.2) is 48.4 Å². The lowest BCUT2D eigenvalue weighted by molar-refractivity contribution is -0.197. The van der Waals surface area contributed by atoms with E-state index in [1.807, 2.05) is 18.2 Å². The van der Waals surface area contributed by atoms with Crippen molar-refractivity contribution < 1.29 is 28.5 Å². The summed E-state index contributed by atoms with van der Waals surface area (Å²) in [5, 5.41) is 0. The van der Waals surface area contributed by atoms with E-state index >= 15 is 0 Å². The fourth-order valence-electron chi connectivity index (χ4n) is 7.47. The quantitative estimate of drug-likeness (QED) is 0.637. The van der Waals surface area contributed by atoms with E-state index in [4.69, 9.17) is 18.9 Å². The number of methoxy groups -OCH3 is 1. The number of hydrogen-bond donors (Lipinski definition) is 0. The molecule has 2 spiro atoms. The van der Waals surface area contributed by atoms with Gasteiger partial charge in [-0.1, -0.05) is 30.3 Å². The van der Waals surface area contributed by atoms with E-state index in [0.29, 0.717) is 19.6 Å². The van der Waals surface area contributed by atoms with Crippen LogP contribution < -0.4 is 0 Å². The van der Waals surface area contributed by atoms with Crippen LogP contribution in [0.3, 0.4) is 0 Å². The zero-order valence-electron chi connectivity index (χ0n) is 18.4. The van der Waals surface area contributed by atoms with E-state index in [9.17, 15) is 9.59 Å². The molecule has 1 aromatic carbocycles. The second kappa shape index (κ2) is 7.55. The summed E-state index contributed by atoms with van der Waals surface area (Å²) in [6.45, 7) is 1.21. The highest BCUT2D eigenvalue weighted by atomic mass is 32.2. The molecular weight excluding hydrogens is 428 g/mol. The lowest BCUT2D eigenvalue weighted by Crippen LogP contribution is -2.51. The number of fused-ring (bicyclic) bond motifs is 3. The predicted octanol–water partition coefficient (Wildman–Crippen LogP) is 3.72. The molecule has 0 radical (unpaired) electrons. The zero-order chi connectivity index (χ0) is 22.0. The maximum absolute atomic E-state index is 13.6. The summed E-state index contributed by atoms with van der Waals surface area (Å²) in [5.41, 5.74) is 0.559. The summed E-state index contributed by atoms with van der Waals surface area (Å²) in [4.78, 5) is 26.0. The van der Waals surface area contributed by atoms with Crippen molar-refractivity contribution in [3.63, 3.8) is 0 Å². The lowest BCUT2D eigenvalue weighted by Gasteiger charge is -2.40. The molecule has 7 heteroatoms. The molecule has 3 aliphatic heterocycles. The number of ketones is 1. The first-order valence-corrected chi connectivity index (χ1v) is 12.8. The van der Waals surface area contributed by atoms with Crippen LogP contribution in [0.5, 0.6) is 0 Å². The first-order valence-electron chi connectivity index (χ1n) is 11.8. The number of carbonyl (C=O) groups is 2. The minimum absolute atomic E-state index is 0.130. The Morgan fingerprint density at radius 3 is 2.62 bits per heavy atom. The fraction of sp³-hybridized carbons (Fsp3) is 0.680. The Bertz CT molecular complexity index is 914. The van der Waals surface area contributed by atoms with Gasteiger partial charge in [-0.05, 0) is 37.2 Å². The summed E-state index contributed by atoms with van der Waals surface area (Å²) in [7, 11) is 1.42. The molecule has 2 aliphatic carbocycles. The number of ether oxygens (including phenoxy) is 4. The highest BCUT2D eigenvalue weighted by molar-refractivity contribution is 7.99. The van der Waals surface area contributed by atoms with E-state index in [0.717, 1.165) is 37.9 Å². The molecule has 32 heavy (non-hydrogen) atoms. The van der Waals surface area contributed by atoms with Crippen LogP contribution in [0.25, 0.3) is 0 Å². The predicted molar refractivity (Wildman–Crippen MR) is 118 cm³/mol. The molecule has 3 saturated heterocycles. The Kier molecular flexibility index (Phi) is 4.99. The van der Waals surface area contributed by atoms with Crippen LogP contribution in [-0.2, 0) is 34.3 Å². The number of esters is 1. The number of benzene rings is 1. The van der Waals surface area contributed by atoms with E-state index in [-0.39, 0.29) is 23.6 Å². The Hall–Kier alpha value is -1.41. The van der Waals surface area contributed by atoms with Crippen molar-refractivity contribution in [2.45, 2.75) is 60.6 Å². The molecule has 0 N–H and O–H groups in total. The highest BCUT2D eigenvalue weighted by Crippen LogP contribution is 2.70. The summed E-state index contributed by atoms with van der Waals surface area (Å²) < 4.78 is 24.6. The number of Topliss-reactive ketones (excluding diaryl/α,β-unsaturated/α-hetero) is 1. The smallest absolute Gasteiger partial charge is 0.313 e. The Morgan fingerprint density at radius 2 is 1.88 bits per heavy atom. The third kappa shape index (κ3) is 2.84. The van der Waals surface area contributed by atoms with Gasteiger partial charge in [-0.15, -0.1) is 11.8 Å². The normalized spacial score (nSPS) is 41.5. The van der Waals surface area contributed by atoms with Gasteiger partial charge in [-0.25, -0.2) is 0 Å². The van der Waals surface area contributed by atoms with Gasteiger partial charge < -0.3 is 18.9 Å². The first-order chi connectivity index (χ1) is 15.5. The summed E-state index contributed by atoms with van der Waals surface area (Å²) in [6.07, 6.45) is 4.48. The number of rotatable bonds is 4. The van der Waals surface area contributed by atoms with Gasteiger partial charge in [0.15, 0.2) is 5.79 Å². The maximum Gasteiger partial charge on any atom is 0.313 e. The summed E-state index contributed by atoms with van der Waals surface area (Å²) >= 11 is 1.67. The van der Waals surface area contributed by atoms with Crippen LogP contribution >= 0.6 is 11.8 Å². The highest BCUT2D eigenvalue weighted by Gasteiger charge is 2.77. The van der Waals surface area contributed by atoms with Gasteiger partial charge in [0.1, 0.15) is 16.6 Å². The Labute approximate surface area is 192 Å². The van der Waals surface area contributed by atoms with E-state index in [1.165, 1.54) is 12.7 Å². The molecule has 1 aromatic rings. The lowest BCUT2D eigenvalue weighted by atomic mass is 9.64. The number of thioether (sulfide) groups is 1. The van der Waals surface area contributed by atoms with Crippen molar-refractivity contribution >= 4 is 23.5 Å². The van der Waals surface area contributed by atoms with Gasteiger partial charge in [-0.2, -0.15) is 0 Å². The minimum Gasteiger partial charge on any atom is -0.469 e. The molecule has 5 aliphatic rings. The van der Waals surface area contributed by atoms with Crippen LogP contribution in [0.4, 0.5) is 0 Å². The number of carbonyl (C=O) groups excluding carboxylic acids is 2. The molecule has 0 unspecified atom stereocenters. The van der Waals surface area contributed by atoms with E-state index in [2.05, 4.69) is 12.1 Å². The van der Waals surface area contributed by atoms with Crippen molar-refractivity contribution in [3.8, 4) is 0 Å². The van der Waals surface area contributed by atoms with Gasteiger partial charge in [-0.3, -0.25) is 9.59 Å². The molecule has 0 aromatic heterocycles. The second-order valence-corrected chi connectivity index (χ2v) is 11.2. The topological polar surface area (TPSA) is 71.1 Å². The molecular formula is C25H30O6S. The van der Waals surface area contributed by atoms with Crippen molar-refractivity contribution in [3.05, 3.63) is 35.9 Å². The third-order valence-electron chi connectivity index (χ3n) is 8.65. The molecule has 3 heterocycles. The molecule has 6 nitrogen and oxygen atoms in total. The maximum atomic E-state index is 13.6. The van der Waals surface area contributed by atoms with Crippen molar-refractivity contribution in [1.82, 2.24) is 0 Å². The van der Waals surface area contributed by atoms with Crippen molar-refractivity contribution in [2.24, 2.45) is 23.7 Å². The molecule has 6 rings (SSSR count). The van der Waals surface area contributed by atoms with E-state index < -0.39 is 28.2 Å². The SMILES string of the molecule is COC(=O)[C@H]1[C@H]2C(=O)CC[C@H]3[C@@H](CCC34OCCO4)[C@@]23CC[C@]1(SCc1ccccc1)O3. The second-order valence-electron chi connectivity index (χ2n) is 9.89. The summed E-state index contributed by atoms with van der Waals surface area (Å²) in [5.74, 6) is -0.744. The van der Waals surface area contributed by atoms with Gasteiger partial charge in [0.25, 0.3) is 0 Å². The standard InChI is InChI=1S/C25H30O6S/c1-28-22(27)21-20-19(26)8-7-18-17(9-10-24(18)29-13-14-30-24)23(20)11-12-25(21,31-23)32-15-16-5-3-2-4-6-16/h2-6,17-18,20-21H,7-15H2,1H3/t17-,18+,20-,21-,23+,25-/m1/s1. The summed E-state index contributed by atoms with van der Waals surface area (Å²) in [6, 6.07) is 10.2. The molecule has 5 fully saturated rings. The molecule has 172 valence electrons. The number of hydrogen-bond acceptors (Lipinski definition) is 7. The molecule has 6 atom stereocenters.